The van der Waals surface area contributed by atoms with Crippen molar-refractivity contribution in [3.8, 4) is 22.4 Å². The van der Waals surface area contributed by atoms with E-state index in [1.807, 2.05) is 34.6 Å². The molecule has 0 aliphatic heterocycles. The maximum Gasteiger partial charge on any atom is 0.162 e. The number of aromatic nitrogens is 2. The molecule has 2 aromatic heterocycles. The summed E-state index contributed by atoms with van der Waals surface area (Å²) in [6.07, 6.45) is 4.95. The Morgan fingerprint density at radius 1 is 0.891 bits per heavy atom. The van der Waals surface area contributed by atoms with Crippen LogP contribution in [0.3, 0.4) is 0 Å². The van der Waals surface area contributed by atoms with Crippen molar-refractivity contribution in [1.29, 1.82) is 0 Å². The van der Waals surface area contributed by atoms with Gasteiger partial charge < -0.3 is 5.11 Å². The third kappa shape index (κ3) is 8.39. The molecule has 6 heteroatoms. The Kier molecular flexibility index (Phi) is 12.9. The molecule has 0 saturated carbocycles. The van der Waals surface area contributed by atoms with Crippen LogP contribution >= 0.6 is 11.3 Å². The summed E-state index contributed by atoms with van der Waals surface area (Å²) in [5.74, 6) is 0.547. The summed E-state index contributed by atoms with van der Waals surface area (Å²) in [7, 11) is 0. The number of allylic oxidation sites excluding steroid dienone is 2. The first-order valence-corrected chi connectivity index (χ1v) is 17.0. The molecule has 0 spiro atoms. The first-order chi connectivity index (χ1) is 21.9. The van der Waals surface area contributed by atoms with Gasteiger partial charge in [-0.25, -0.2) is 4.98 Å². The topological polar surface area (TPSA) is 63.1 Å². The summed E-state index contributed by atoms with van der Waals surface area (Å²) in [4.78, 5) is 20.7. The summed E-state index contributed by atoms with van der Waals surface area (Å²) in [5, 5.41) is 10.8. The normalized spacial score (nSPS) is 11.9. The van der Waals surface area contributed by atoms with Crippen molar-refractivity contribution in [3.63, 3.8) is 0 Å². The van der Waals surface area contributed by atoms with Crippen molar-refractivity contribution in [2.75, 3.05) is 0 Å². The summed E-state index contributed by atoms with van der Waals surface area (Å²) in [6.45, 7) is 18.7. The molecule has 0 saturated heterocycles. The van der Waals surface area contributed by atoms with E-state index in [2.05, 4.69) is 86.2 Å². The van der Waals surface area contributed by atoms with Gasteiger partial charge in [0.15, 0.2) is 5.78 Å². The van der Waals surface area contributed by atoms with Crippen molar-refractivity contribution in [1.82, 2.24) is 9.97 Å². The zero-order valence-electron chi connectivity index (χ0n) is 29.6. The van der Waals surface area contributed by atoms with E-state index in [1.165, 1.54) is 39.5 Å². The SMILES string of the molecule is CCC(CC)C(=O)/C=C(\O)C(CC)CC.[2H]c1nc(-c2[c-]c(C)cc(C)c2)c2sc3cc(-c4c(C)cc(C)cc4C)ccc3c2n1.[Ir]. The van der Waals surface area contributed by atoms with Gasteiger partial charge in [-0.2, -0.15) is 0 Å². The molecular formula is C40H47IrN2O2S-. The average Bonchev–Trinajstić information content (AvgIpc) is 3.35. The van der Waals surface area contributed by atoms with Crippen LogP contribution in [-0.4, -0.2) is 20.9 Å². The smallest absolute Gasteiger partial charge is 0.162 e. The van der Waals surface area contributed by atoms with Crippen molar-refractivity contribution in [3.05, 3.63) is 94.5 Å². The van der Waals surface area contributed by atoms with Crippen LogP contribution in [-0.2, 0) is 24.9 Å². The van der Waals surface area contributed by atoms with Crippen LogP contribution in [0, 0.1) is 52.5 Å². The number of aryl methyl sites for hydroxylation is 5. The average molecular weight is 813 g/mol. The summed E-state index contributed by atoms with van der Waals surface area (Å²) in [5.41, 5.74) is 11.2. The number of carbonyl (C=O) groups is 1. The van der Waals surface area contributed by atoms with E-state index in [0.29, 0.717) is 0 Å². The maximum atomic E-state index is 11.7. The third-order valence-electron chi connectivity index (χ3n) is 8.65. The second kappa shape index (κ2) is 16.6. The Balaban J connectivity index is 0.000000322. The number of carbonyl (C=O) groups excluding carboxylic acids is 1. The molecule has 1 N–H and O–H groups in total. The number of nitrogens with zero attached hydrogens (tertiary/aromatic N) is 2. The van der Waals surface area contributed by atoms with E-state index in [1.54, 1.807) is 11.3 Å². The van der Waals surface area contributed by atoms with Crippen LogP contribution in [0.15, 0.2) is 60.6 Å². The molecule has 0 unspecified atom stereocenters. The molecule has 0 aliphatic rings. The maximum absolute atomic E-state index is 11.7. The van der Waals surface area contributed by atoms with E-state index in [0.717, 1.165) is 62.8 Å². The molecular weight excluding hydrogens is 765 g/mol. The number of aliphatic hydroxyl groups excluding tert-OH is 1. The fourth-order valence-electron chi connectivity index (χ4n) is 6.31. The molecule has 0 aliphatic carbocycles. The van der Waals surface area contributed by atoms with Crippen LogP contribution < -0.4 is 0 Å². The van der Waals surface area contributed by atoms with Crippen LogP contribution in [0.2, 0.25) is 0 Å². The van der Waals surface area contributed by atoms with E-state index in [9.17, 15) is 9.90 Å². The van der Waals surface area contributed by atoms with Gasteiger partial charge in [-0.15, -0.1) is 46.2 Å². The van der Waals surface area contributed by atoms with Crippen molar-refractivity contribution >= 4 is 37.4 Å². The second-order valence-electron chi connectivity index (χ2n) is 12.2. The Morgan fingerprint density at radius 3 is 2.09 bits per heavy atom. The van der Waals surface area contributed by atoms with E-state index >= 15 is 0 Å². The van der Waals surface area contributed by atoms with Gasteiger partial charge in [0.05, 0.1) is 11.3 Å². The minimum atomic E-state index is 0. The minimum absolute atomic E-state index is 0. The van der Waals surface area contributed by atoms with Gasteiger partial charge in [-0.1, -0.05) is 71.4 Å². The molecule has 1 radical (unpaired) electrons. The van der Waals surface area contributed by atoms with Crippen LogP contribution in [0.25, 0.3) is 42.7 Å². The van der Waals surface area contributed by atoms with Gasteiger partial charge in [0, 0.05) is 58.5 Å². The number of ketones is 1. The zero-order valence-corrected chi connectivity index (χ0v) is 31.8. The Bertz CT molecular complexity index is 1860. The largest absolute Gasteiger partial charge is 0.512 e. The number of fused-ring (bicyclic) bond motifs is 3. The third-order valence-corrected chi connectivity index (χ3v) is 9.80. The monoisotopic (exact) mass is 813 g/mol. The number of rotatable bonds is 9. The van der Waals surface area contributed by atoms with Gasteiger partial charge in [0.25, 0.3) is 0 Å². The molecule has 5 rings (SSSR count). The number of aliphatic hydroxyl groups is 1. The fourth-order valence-corrected chi connectivity index (χ4v) is 7.49. The molecule has 0 fully saturated rings. The summed E-state index contributed by atoms with van der Waals surface area (Å²) < 4.78 is 10.4. The Labute approximate surface area is 294 Å². The summed E-state index contributed by atoms with van der Waals surface area (Å²) >= 11 is 1.70. The first-order valence-electron chi connectivity index (χ1n) is 16.6. The molecule has 0 amide bonds. The Morgan fingerprint density at radius 2 is 1.50 bits per heavy atom. The van der Waals surface area contributed by atoms with Gasteiger partial charge in [-0.05, 0) is 74.8 Å². The first kappa shape index (κ1) is 35.7. The Hall–Kier alpha value is -3.18. The van der Waals surface area contributed by atoms with Crippen LogP contribution in [0.1, 0.15) is 82.6 Å². The minimum Gasteiger partial charge on any atom is -0.512 e. The van der Waals surface area contributed by atoms with Crippen LogP contribution in [0.4, 0.5) is 0 Å². The molecule has 3 aromatic carbocycles. The number of hydrogen-bond acceptors (Lipinski definition) is 5. The number of hydrogen-bond donors (Lipinski definition) is 1. The number of benzene rings is 3. The van der Waals surface area contributed by atoms with E-state index in [4.69, 9.17) is 1.37 Å². The predicted molar refractivity (Wildman–Crippen MR) is 192 cm³/mol. The summed E-state index contributed by atoms with van der Waals surface area (Å²) in [6, 6.07) is 18.7. The second-order valence-corrected chi connectivity index (χ2v) is 13.2. The van der Waals surface area contributed by atoms with E-state index in [-0.39, 0.29) is 49.8 Å². The van der Waals surface area contributed by atoms with Gasteiger partial charge in [-0.3, -0.25) is 9.78 Å². The van der Waals surface area contributed by atoms with Crippen LogP contribution in [0.5, 0.6) is 0 Å². The van der Waals surface area contributed by atoms with Crippen molar-refractivity contribution in [2.24, 2.45) is 11.8 Å². The molecule has 2 heterocycles. The fraction of sp³-hybridized carbons (Fsp3) is 0.375. The molecule has 245 valence electrons. The molecule has 4 nitrogen and oxygen atoms in total. The molecule has 5 aromatic rings. The number of thiophene rings is 1. The zero-order chi connectivity index (χ0) is 33.7. The standard InChI is InChI=1S/C27H23N2S.C13H24O2.Ir/c1-15-8-16(2)12-21(11-15)25-27-26(29-14-28-25)22-7-6-20(13-23(22)30-27)24-18(4)9-17(3)10-19(24)5;1-5-10(6-2)12(14)9-13(15)11(7-3)8-4;/h6-11,13-14H,1-5H3;9-11,14H,5-8H2,1-4H3;/q-1;;/b;12-9-;/i14D;;. The quantitative estimate of drug-likeness (QED) is 0.0915. The van der Waals surface area contributed by atoms with Gasteiger partial charge in [0.2, 0.25) is 0 Å². The molecule has 46 heavy (non-hydrogen) atoms. The van der Waals surface area contributed by atoms with Gasteiger partial charge in [0.1, 0.15) is 7.67 Å². The molecule has 0 bridgehead atoms. The van der Waals surface area contributed by atoms with Crippen molar-refractivity contribution < 1.29 is 31.4 Å². The van der Waals surface area contributed by atoms with Crippen molar-refractivity contribution in [2.45, 2.75) is 88.0 Å². The molecule has 0 atom stereocenters. The predicted octanol–water partition coefficient (Wildman–Crippen LogP) is 11.4. The van der Waals surface area contributed by atoms with E-state index < -0.39 is 0 Å². The van der Waals surface area contributed by atoms with Gasteiger partial charge >= 0.3 is 0 Å².